The van der Waals surface area contributed by atoms with Crippen molar-refractivity contribution in [3.05, 3.63) is 98.3 Å². The van der Waals surface area contributed by atoms with Crippen molar-refractivity contribution in [2.45, 2.75) is 20.1 Å². The van der Waals surface area contributed by atoms with Crippen molar-refractivity contribution in [3.8, 4) is 11.5 Å². The number of benzene rings is 3. The molecule has 184 valence electrons. The van der Waals surface area contributed by atoms with Gasteiger partial charge in [-0.2, -0.15) is 0 Å². The van der Waals surface area contributed by atoms with Gasteiger partial charge in [-0.25, -0.2) is 9.59 Å². The highest BCUT2D eigenvalue weighted by Gasteiger charge is 2.33. The molecule has 0 spiro atoms. The second kappa shape index (κ2) is 11.3. The minimum atomic E-state index is -1.00. The zero-order valence-electron chi connectivity index (χ0n) is 19.4. The summed E-state index contributed by atoms with van der Waals surface area (Å²) in [6.07, 6.45) is 1.61. The summed E-state index contributed by atoms with van der Waals surface area (Å²) in [4.78, 5) is 37.7. The molecule has 9 heteroatoms. The Morgan fingerprint density at radius 1 is 1.03 bits per heavy atom. The first-order valence-electron chi connectivity index (χ1n) is 11.2. The van der Waals surface area contributed by atoms with E-state index in [0.29, 0.717) is 29.2 Å². The maximum atomic E-state index is 12.9. The second-order valence-corrected chi connectivity index (χ2v) is 9.08. The topological polar surface area (TPSA) is 105 Å². The van der Waals surface area contributed by atoms with Crippen molar-refractivity contribution in [2.75, 3.05) is 6.61 Å². The molecule has 0 saturated carbocycles. The van der Waals surface area contributed by atoms with Crippen LogP contribution in [0, 0.1) is 3.57 Å². The Labute approximate surface area is 221 Å². The minimum absolute atomic E-state index is 0.153. The summed E-state index contributed by atoms with van der Waals surface area (Å²) in [6.45, 7) is 2.57. The Bertz CT molecular complexity index is 1340. The Morgan fingerprint density at radius 3 is 2.50 bits per heavy atom. The molecule has 1 saturated heterocycles. The number of nitrogens with one attached hydrogen (secondary N) is 1. The molecule has 4 rings (SSSR count). The number of carbonyl (C=O) groups excluding carboxylic acids is 2. The zero-order valence-corrected chi connectivity index (χ0v) is 21.5. The molecule has 0 aromatic heterocycles. The Kier molecular flexibility index (Phi) is 7.89. The van der Waals surface area contributed by atoms with Crippen molar-refractivity contribution >= 4 is 46.6 Å². The lowest BCUT2D eigenvalue weighted by atomic mass is 10.1. The lowest BCUT2D eigenvalue weighted by molar-refractivity contribution is -0.123. The molecule has 0 aliphatic carbocycles. The maximum Gasteiger partial charge on any atom is 0.335 e. The molecule has 0 radical (unpaired) electrons. The van der Waals surface area contributed by atoms with Gasteiger partial charge < -0.3 is 19.9 Å². The maximum absolute atomic E-state index is 12.9. The van der Waals surface area contributed by atoms with Gasteiger partial charge in [-0.05, 0) is 76.5 Å². The predicted octanol–water partition coefficient (Wildman–Crippen LogP) is 5.06. The van der Waals surface area contributed by atoms with Crippen molar-refractivity contribution in [2.24, 2.45) is 0 Å². The Morgan fingerprint density at radius 2 is 1.78 bits per heavy atom. The summed E-state index contributed by atoms with van der Waals surface area (Å²) >= 11 is 2.12. The molecule has 1 heterocycles. The van der Waals surface area contributed by atoms with Crippen LogP contribution in [-0.2, 0) is 17.9 Å². The van der Waals surface area contributed by atoms with Crippen LogP contribution < -0.4 is 14.8 Å². The fourth-order valence-electron chi connectivity index (χ4n) is 3.67. The average Bonchev–Trinajstić information content (AvgIpc) is 3.12. The van der Waals surface area contributed by atoms with Gasteiger partial charge in [-0.1, -0.05) is 42.5 Å². The van der Waals surface area contributed by atoms with E-state index in [1.807, 2.05) is 43.3 Å². The quantitative estimate of drug-likeness (QED) is 0.203. The van der Waals surface area contributed by atoms with Crippen LogP contribution in [0.4, 0.5) is 4.79 Å². The lowest BCUT2D eigenvalue weighted by Gasteiger charge is -2.15. The molecule has 0 unspecified atom stereocenters. The normalized spacial score (nSPS) is 14.2. The first-order chi connectivity index (χ1) is 17.4. The van der Waals surface area contributed by atoms with Gasteiger partial charge in [0.2, 0.25) is 0 Å². The van der Waals surface area contributed by atoms with E-state index in [1.165, 1.54) is 6.07 Å². The molecule has 0 bridgehead atoms. The molecular weight excluding hydrogens is 575 g/mol. The number of hydrogen-bond donors (Lipinski definition) is 2. The summed E-state index contributed by atoms with van der Waals surface area (Å²) in [7, 11) is 0. The number of carboxylic acid groups (broad SMARTS) is 1. The molecule has 2 N–H and O–H groups in total. The number of rotatable bonds is 9. The van der Waals surface area contributed by atoms with Gasteiger partial charge in [-0.15, -0.1) is 0 Å². The van der Waals surface area contributed by atoms with Gasteiger partial charge >= 0.3 is 12.0 Å². The van der Waals surface area contributed by atoms with Crippen LogP contribution in [0.25, 0.3) is 6.08 Å². The number of hydrogen-bond acceptors (Lipinski definition) is 5. The summed E-state index contributed by atoms with van der Waals surface area (Å²) in [5, 5.41) is 11.9. The molecule has 3 aromatic rings. The molecule has 1 aliphatic heterocycles. The standard InChI is InChI=1S/C27H23IN2O6/c1-2-35-23-14-19(12-21(28)24(23)36-16-18-9-6-10-20(11-18)26(32)33)13-22-25(31)30(27(34)29-22)15-17-7-4-3-5-8-17/h3-14H,2,15-16H2,1H3,(H,29,34)(H,32,33)/b22-13+. The van der Waals surface area contributed by atoms with Crippen LogP contribution in [0.15, 0.2) is 72.4 Å². The van der Waals surface area contributed by atoms with Crippen LogP contribution in [0.3, 0.4) is 0 Å². The Hall–Kier alpha value is -3.86. The fourth-order valence-corrected chi connectivity index (χ4v) is 4.45. The molecule has 8 nitrogen and oxygen atoms in total. The smallest absolute Gasteiger partial charge is 0.335 e. The van der Waals surface area contributed by atoms with Crippen LogP contribution in [-0.4, -0.2) is 34.5 Å². The first kappa shape index (κ1) is 25.2. The zero-order chi connectivity index (χ0) is 25.7. The summed E-state index contributed by atoms with van der Waals surface area (Å²) < 4.78 is 12.5. The number of imide groups is 1. The second-order valence-electron chi connectivity index (χ2n) is 7.92. The number of amides is 3. The van der Waals surface area contributed by atoms with Gasteiger partial charge in [0.1, 0.15) is 12.3 Å². The SMILES string of the molecule is CCOc1cc(/C=C2/NC(=O)N(Cc3ccccc3)C2=O)cc(I)c1OCc1cccc(C(=O)O)c1. The van der Waals surface area contributed by atoms with E-state index in [0.717, 1.165) is 14.0 Å². The lowest BCUT2D eigenvalue weighted by Crippen LogP contribution is -2.30. The number of carboxylic acids is 1. The summed E-state index contributed by atoms with van der Waals surface area (Å²) in [5.41, 5.74) is 2.58. The van der Waals surface area contributed by atoms with E-state index in [1.54, 1.807) is 30.3 Å². The van der Waals surface area contributed by atoms with Gasteiger partial charge in [0.05, 0.1) is 22.3 Å². The van der Waals surface area contributed by atoms with Crippen molar-refractivity contribution in [1.82, 2.24) is 10.2 Å². The van der Waals surface area contributed by atoms with E-state index in [-0.39, 0.29) is 24.4 Å². The van der Waals surface area contributed by atoms with Crippen molar-refractivity contribution in [1.29, 1.82) is 0 Å². The largest absolute Gasteiger partial charge is 0.490 e. The molecule has 3 amide bonds. The van der Waals surface area contributed by atoms with Crippen LogP contribution in [0.2, 0.25) is 0 Å². The highest BCUT2D eigenvalue weighted by atomic mass is 127. The van der Waals surface area contributed by atoms with Crippen LogP contribution >= 0.6 is 22.6 Å². The third kappa shape index (κ3) is 5.85. The molecule has 1 aliphatic rings. The minimum Gasteiger partial charge on any atom is -0.490 e. The first-order valence-corrected chi connectivity index (χ1v) is 12.2. The average molecular weight is 598 g/mol. The van der Waals surface area contributed by atoms with Crippen molar-refractivity contribution < 1.29 is 29.0 Å². The van der Waals surface area contributed by atoms with E-state index in [2.05, 4.69) is 27.9 Å². The molecule has 36 heavy (non-hydrogen) atoms. The molecule has 0 atom stereocenters. The summed E-state index contributed by atoms with van der Waals surface area (Å²) in [5.74, 6) is -0.429. The van der Waals surface area contributed by atoms with Crippen molar-refractivity contribution in [3.63, 3.8) is 0 Å². The van der Waals surface area contributed by atoms with Gasteiger partial charge in [-0.3, -0.25) is 9.69 Å². The van der Waals surface area contributed by atoms with Gasteiger partial charge in [0.15, 0.2) is 11.5 Å². The molecule has 3 aromatic carbocycles. The van der Waals surface area contributed by atoms with E-state index < -0.39 is 17.9 Å². The number of carbonyl (C=O) groups is 3. The fraction of sp³-hybridized carbons (Fsp3) is 0.148. The number of halogens is 1. The molecule has 1 fully saturated rings. The third-order valence-electron chi connectivity index (χ3n) is 5.35. The van der Waals surface area contributed by atoms with E-state index >= 15 is 0 Å². The van der Waals surface area contributed by atoms with Gasteiger partial charge in [0.25, 0.3) is 5.91 Å². The van der Waals surface area contributed by atoms with Crippen LogP contribution in [0.5, 0.6) is 11.5 Å². The highest BCUT2D eigenvalue weighted by Crippen LogP contribution is 2.36. The number of nitrogens with zero attached hydrogens (tertiary/aromatic N) is 1. The highest BCUT2D eigenvalue weighted by molar-refractivity contribution is 14.1. The van der Waals surface area contributed by atoms with E-state index in [4.69, 9.17) is 9.47 Å². The monoisotopic (exact) mass is 598 g/mol. The molecular formula is C27H23IN2O6. The number of urea groups is 1. The number of ether oxygens (including phenoxy) is 2. The third-order valence-corrected chi connectivity index (χ3v) is 6.15. The summed E-state index contributed by atoms with van der Waals surface area (Å²) in [6, 6.07) is 18.9. The van der Waals surface area contributed by atoms with E-state index in [9.17, 15) is 19.5 Å². The van der Waals surface area contributed by atoms with Crippen LogP contribution in [0.1, 0.15) is 34.0 Å². The number of aromatic carboxylic acids is 1. The predicted molar refractivity (Wildman–Crippen MR) is 142 cm³/mol. The van der Waals surface area contributed by atoms with Gasteiger partial charge in [0, 0.05) is 0 Å². The Balaban J connectivity index is 1.55.